The Labute approximate surface area is 203 Å². The number of rotatable bonds is 8. The number of hydrogen-bond donors (Lipinski definition) is 3. The third-order valence-corrected chi connectivity index (χ3v) is 6.77. The Bertz CT molecular complexity index is 1250. The fourth-order valence-corrected chi connectivity index (χ4v) is 4.72. The zero-order valence-electron chi connectivity index (χ0n) is 19.1. The van der Waals surface area contributed by atoms with Crippen LogP contribution in [0, 0.1) is 0 Å². The molecule has 0 bridgehead atoms. The highest BCUT2D eigenvalue weighted by Gasteiger charge is 2.51. The highest BCUT2D eigenvalue weighted by molar-refractivity contribution is 5.90. The standard InChI is InChI=1S/C28H26N2O5/c31-25(30-28(13-14-28)26(32)33)15-18-7-1-2-8-19(18)16-29-27(34)35-17-24-22-11-5-3-9-20(22)21-10-4-6-12-23(21)24/h1-12,24H,13-17H2,(H,29,34)(H,30,31)(H,32,33). The number of amides is 2. The van der Waals surface area contributed by atoms with E-state index in [0.29, 0.717) is 12.8 Å². The van der Waals surface area contributed by atoms with Gasteiger partial charge in [0.15, 0.2) is 0 Å². The first kappa shape index (κ1) is 22.7. The first-order valence-corrected chi connectivity index (χ1v) is 11.7. The van der Waals surface area contributed by atoms with E-state index >= 15 is 0 Å². The molecule has 0 saturated heterocycles. The molecule has 3 N–H and O–H groups in total. The van der Waals surface area contributed by atoms with Crippen LogP contribution in [-0.4, -0.2) is 35.2 Å². The van der Waals surface area contributed by atoms with Crippen LogP contribution in [-0.2, 0) is 27.3 Å². The van der Waals surface area contributed by atoms with E-state index in [1.54, 1.807) is 6.07 Å². The minimum atomic E-state index is -1.12. The van der Waals surface area contributed by atoms with Gasteiger partial charge in [0.05, 0.1) is 6.42 Å². The summed E-state index contributed by atoms with van der Waals surface area (Å²) in [6.45, 7) is 0.422. The number of nitrogens with one attached hydrogen (secondary N) is 2. The molecule has 7 heteroatoms. The number of fused-ring (bicyclic) bond motifs is 3. The second-order valence-corrected chi connectivity index (χ2v) is 9.06. The molecule has 7 nitrogen and oxygen atoms in total. The Kier molecular flexibility index (Phi) is 5.99. The van der Waals surface area contributed by atoms with Gasteiger partial charge in [0.1, 0.15) is 12.1 Å². The Morgan fingerprint density at radius 2 is 1.43 bits per heavy atom. The molecule has 0 aromatic heterocycles. The SMILES string of the molecule is O=C(Cc1ccccc1CNC(=O)OCC1c2ccccc2-c2ccccc21)NC1(C(=O)O)CC1. The number of hydrogen-bond acceptors (Lipinski definition) is 4. The maximum absolute atomic E-state index is 12.5. The third-order valence-electron chi connectivity index (χ3n) is 6.77. The van der Waals surface area contributed by atoms with Crippen LogP contribution in [0.4, 0.5) is 4.79 Å². The number of carboxylic acid groups (broad SMARTS) is 1. The van der Waals surface area contributed by atoms with Gasteiger partial charge in [-0.15, -0.1) is 0 Å². The lowest BCUT2D eigenvalue weighted by molar-refractivity contribution is -0.143. The van der Waals surface area contributed by atoms with Crippen molar-refractivity contribution < 1.29 is 24.2 Å². The van der Waals surface area contributed by atoms with E-state index in [2.05, 4.69) is 34.9 Å². The molecule has 0 atom stereocenters. The van der Waals surface area contributed by atoms with Gasteiger partial charge in [-0.2, -0.15) is 0 Å². The molecule has 0 radical (unpaired) electrons. The molecular formula is C28H26N2O5. The average Bonchev–Trinajstić information content (AvgIpc) is 3.58. The number of benzene rings is 3. The summed E-state index contributed by atoms with van der Waals surface area (Å²) in [5, 5.41) is 14.7. The largest absolute Gasteiger partial charge is 0.480 e. The van der Waals surface area contributed by atoms with Crippen molar-refractivity contribution in [3.05, 3.63) is 95.1 Å². The summed E-state index contributed by atoms with van der Waals surface area (Å²) >= 11 is 0. The summed E-state index contributed by atoms with van der Waals surface area (Å²) in [6, 6.07) is 23.6. The van der Waals surface area contributed by atoms with Gasteiger partial charge in [0, 0.05) is 12.5 Å². The van der Waals surface area contributed by atoms with Gasteiger partial charge >= 0.3 is 12.1 Å². The maximum atomic E-state index is 12.5. The van der Waals surface area contributed by atoms with E-state index in [1.165, 1.54) is 11.1 Å². The molecule has 3 aromatic carbocycles. The van der Waals surface area contributed by atoms with Crippen LogP contribution in [0.3, 0.4) is 0 Å². The van der Waals surface area contributed by atoms with E-state index in [0.717, 1.165) is 22.3 Å². The van der Waals surface area contributed by atoms with Gasteiger partial charge in [0.2, 0.25) is 5.91 Å². The predicted octanol–water partition coefficient (Wildman–Crippen LogP) is 4.00. The molecule has 0 heterocycles. The molecular weight excluding hydrogens is 444 g/mol. The van der Waals surface area contributed by atoms with Crippen LogP contribution < -0.4 is 10.6 Å². The highest BCUT2D eigenvalue weighted by atomic mass is 16.5. The summed E-state index contributed by atoms with van der Waals surface area (Å²) in [4.78, 5) is 36.3. The lowest BCUT2D eigenvalue weighted by atomic mass is 9.98. The summed E-state index contributed by atoms with van der Waals surface area (Å²) < 4.78 is 5.59. The molecule has 0 spiro atoms. The third kappa shape index (κ3) is 4.62. The van der Waals surface area contributed by atoms with E-state index in [9.17, 15) is 19.5 Å². The van der Waals surface area contributed by atoms with Crippen LogP contribution in [0.15, 0.2) is 72.8 Å². The molecule has 5 rings (SSSR count). The monoisotopic (exact) mass is 470 g/mol. The number of carbonyl (C=O) groups is 3. The molecule has 2 amide bonds. The molecule has 2 aliphatic rings. The zero-order chi connectivity index (χ0) is 24.4. The zero-order valence-corrected chi connectivity index (χ0v) is 19.1. The first-order valence-electron chi connectivity index (χ1n) is 11.7. The highest BCUT2D eigenvalue weighted by Crippen LogP contribution is 2.44. The number of carbonyl (C=O) groups excluding carboxylic acids is 2. The summed E-state index contributed by atoms with van der Waals surface area (Å²) in [7, 11) is 0. The van der Waals surface area contributed by atoms with Crippen molar-refractivity contribution in [3.63, 3.8) is 0 Å². The average molecular weight is 471 g/mol. The molecule has 1 saturated carbocycles. The van der Waals surface area contributed by atoms with Gasteiger partial charge in [0.25, 0.3) is 0 Å². The Balaban J connectivity index is 1.18. The number of aliphatic carboxylic acids is 1. The van der Waals surface area contributed by atoms with Crippen LogP contribution in [0.5, 0.6) is 0 Å². The topological polar surface area (TPSA) is 105 Å². The number of ether oxygens (including phenoxy) is 1. The van der Waals surface area contributed by atoms with Gasteiger partial charge in [-0.3, -0.25) is 4.79 Å². The Morgan fingerprint density at radius 1 is 0.857 bits per heavy atom. The summed E-state index contributed by atoms with van der Waals surface area (Å²) in [6.07, 6.45) is 0.393. The van der Waals surface area contributed by atoms with Crippen molar-refractivity contribution in [2.24, 2.45) is 0 Å². The molecule has 35 heavy (non-hydrogen) atoms. The maximum Gasteiger partial charge on any atom is 0.407 e. The van der Waals surface area contributed by atoms with Crippen molar-refractivity contribution in [2.45, 2.75) is 37.3 Å². The molecule has 178 valence electrons. The van der Waals surface area contributed by atoms with E-state index < -0.39 is 17.6 Å². The van der Waals surface area contributed by atoms with Crippen LogP contribution in [0.2, 0.25) is 0 Å². The van der Waals surface area contributed by atoms with Gasteiger partial charge in [-0.05, 0) is 46.2 Å². The van der Waals surface area contributed by atoms with Crippen LogP contribution in [0.1, 0.15) is 41.0 Å². The van der Waals surface area contributed by atoms with E-state index in [1.807, 2.05) is 42.5 Å². The summed E-state index contributed by atoms with van der Waals surface area (Å²) in [5.41, 5.74) is 5.01. The van der Waals surface area contributed by atoms with Crippen LogP contribution in [0.25, 0.3) is 11.1 Å². The molecule has 3 aromatic rings. The van der Waals surface area contributed by atoms with Gasteiger partial charge in [-0.1, -0.05) is 72.8 Å². The smallest absolute Gasteiger partial charge is 0.407 e. The fourth-order valence-electron chi connectivity index (χ4n) is 4.72. The second-order valence-electron chi connectivity index (χ2n) is 9.06. The number of carboxylic acids is 1. The minimum absolute atomic E-state index is 0.0203. The Morgan fingerprint density at radius 3 is 2.03 bits per heavy atom. The van der Waals surface area contributed by atoms with Crippen molar-refractivity contribution in [1.82, 2.24) is 10.6 Å². The lowest BCUT2D eigenvalue weighted by Crippen LogP contribution is -2.43. The Hall–Kier alpha value is -4.13. The van der Waals surface area contributed by atoms with Crippen molar-refractivity contribution in [1.29, 1.82) is 0 Å². The van der Waals surface area contributed by atoms with Gasteiger partial charge < -0.3 is 20.5 Å². The predicted molar refractivity (Wildman–Crippen MR) is 130 cm³/mol. The first-order chi connectivity index (χ1) is 17.0. The van der Waals surface area contributed by atoms with Crippen LogP contribution >= 0.6 is 0 Å². The van der Waals surface area contributed by atoms with Crippen molar-refractivity contribution in [2.75, 3.05) is 6.61 Å². The fraction of sp³-hybridized carbons (Fsp3) is 0.250. The molecule has 0 unspecified atom stereocenters. The van der Waals surface area contributed by atoms with Crippen molar-refractivity contribution >= 4 is 18.0 Å². The van der Waals surface area contributed by atoms with E-state index in [4.69, 9.17) is 4.74 Å². The quantitative estimate of drug-likeness (QED) is 0.462. The van der Waals surface area contributed by atoms with E-state index in [-0.39, 0.29) is 31.4 Å². The molecule has 1 fully saturated rings. The van der Waals surface area contributed by atoms with Crippen molar-refractivity contribution in [3.8, 4) is 11.1 Å². The number of alkyl carbamates (subject to hydrolysis) is 1. The lowest BCUT2D eigenvalue weighted by Gasteiger charge is -2.16. The normalized spacial score (nSPS) is 15.0. The molecule has 0 aliphatic heterocycles. The second kappa shape index (κ2) is 9.25. The minimum Gasteiger partial charge on any atom is -0.480 e. The molecule has 2 aliphatic carbocycles. The van der Waals surface area contributed by atoms with Gasteiger partial charge in [-0.25, -0.2) is 9.59 Å². The summed E-state index contributed by atoms with van der Waals surface area (Å²) in [5.74, 6) is -1.37.